The summed E-state index contributed by atoms with van der Waals surface area (Å²) in [5, 5.41) is 3.76. The number of carbonyl (C=O) groups is 1. The van der Waals surface area contributed by atoms with Crippen LogP contribution in [0.3, 0.4) is 0 Å². The van der Waals surface area contributed by atoms with Crippen molar-refractivity contribution in [1.29, 1.82) is 0 Å². The van der Waals surface area contributed by atoms with Crippen LogP contribution in [0.25, 0.3) is 0 Å². The van der Waals surface area contributed by atoms with Gasteiger partial charge in [-0.15, -0.1) is 0 Å². The summed E-state index contributed by atoms with van der Waals surface area (Å²) < 4.78 is 6.20. The van der Waals surface area contributed by atoms with Gasteiger partial charge in [-0.25, -0.2) is 0 Å². The van der Waals surface area contributed by atoms with E-state index in [-0.39, 0.29) is 5.91 Å². The molecule has 2 aromatic carbocycles. The number of nitrogens with one attached hydrogen (secondary N) is 1. The van der Waals surface area contributed by atoms with Crippen molar-refractivity contribution in [3.63, 3.8) is 0 Å². The van der Waals surface area contributed by atoms with Crippen LogP contribution in [0.4, 0.5) is 5.69 Å². The highest BCUT2D eigenvalue weighted by Crippen LogP contribution is 2.29. The van der Waals surface area contributed by atoms with Gasteiger partial charge in [0.2, 0.25) is 0 Å². The fraction of sp³-hybridized carbons (Fsp3) is 0.133. The minimum Gasteiger partial charge on any atom is -0.492 e. The van der Waals surface area contributed by atoms with Crippen LogP contribution in [0, 0.1) is 0 Å². The minimum absolute atomic E-state index is 0.285. The van der Waals surface area contributed by atoms with Crippen LogP contribution in [0.15, 0.2) is 40.9 Å². The monoisotopic (exact) mass is 387 g/mol. The number of amides is 1. The van der Waals surface area contributed by atoms with Gasteiger partial charge in [0, 0.05) is 15.1 Å². The van der Waals surface area contributed by atoms with Gasteiger partial charge < -0.3 is 10.1 Å². The Hall–Kier alpha value is -1.23. The molecular formula is C15H12BrCl2NO2. The first-order valence-electron chi connectivity index (χ1n) is 6.20. The Kier molecular flexibility index (Phi) is 5.51. The first-order chi connectivity index (χ1) is 10.0. The molecule has 0 saturated carbocycles. The average Bonchev–Trinajstić information content (AvgIpc) is 2.45. The summed E-state index contributed by atoms with van der Waals surface area (Å²) in [4.78, 5) is 12.3. The van der Waals surface area contributed by atoms with Gasteiger partial charge in [-0.1, -0.05) is 23.2 Å². The second-order valence-electron chi connectivity index (χ2n) is 4.16. The van der Waals surface area contributed by atoms with E-state index in [0.29, 0.717) is 33.7 Å². The van der Waals surface area contributed by atoms with E-state index in [1.165, 1.54) is 0 Å². The molecule has 0 radical (unpaired) electrons. The number of ether oxygens (including phenoxy) is 1. The maximum Gasteiger partial charge on any atom is 0.255 e. The molecule has 0 heterocycles. The fourth-order valence-corrected chi connectivity index (χ4v) is 2.31. The Morgan fingerprint density at radius 2 is 2.00 bits per heavy atom. The normalized spacial score (nSPS) is 10.3. The summed E-state index contributed by atoms with van der Waals surface area (Å²) in [6.07, 6.45) is 0. The molecule has 0 unspecified atom stereocenters. The Morgan fingerprint density at radius 1 is 1.24 bits per heavy atom. The maximum absolute atomic E-state index is 12.3. The Labute approximate surface area is 141 Å². The molecule has 0 aliphatic heterocycles. The standard InChI is InChI=1S/C15H12BrCl2NO2/c1-2-21-14-6-4-10(17)8-13(14)19-15(20)9-3-5-11(16)12(18)7-9/h3-8H,2H2,1H3,(H,19,20). The molecule has 6 heteroatoms. The zero-order valence-electron chi connectivity index (χ0n) is 11.1. The lowest BCUT2D eigenvalue weighted by atomic mass is 10.2. The van der Waals surface area contributed by atoms with Crippen LogP contribution in [0.5, 0.6) is 5.75 Å². The van der Waals surface area contributed by atoms with Crippen LogP contribution in [0.1, 0.15) is 17.3 Å². The molecule has 0 atom stereocenters. The average molecular weight is 389 g/mol. The van der Waals surface area contributed by atoms with E-state index in [0.717, 1.165) is 4.47 Å². The molecule has 0 aliphatic carbocycles. The van der Waals surface area contributed by atoms with E-state index in [4.69, 9.17) is 27.9 Å². The summed E-state index contributed by atoms with van der Waals surface area (Å²) in [6.45, 7) is 2.36. The predicted octanol–water partition coefficient (Wildman–Crippen LogP) is 5.41. The van der Waals surface area contributed by atoms with Crippen molar-refractivity contribution in [2.45, 2.75) is 6.92 Å². The van der Waals surface area contributed by atoms with Crippen molar-refractivity contribution in [2.24, 2.45) is 0 Å². The molecule has 0 aromatic heterocycles. The van der Waals surface area contributed by atoms with E-state index in [9.17, 15) is 4.79 Å². The molecule has 3 nitrogen and oxygen atoms in total. The molecule has 21 heavy (non-hydrogen) atoms. The van der Waals surface area contributed by atoms with Crippen molar-refractivity contribution < 1.29 is 9.53 Å². The lowest BCUT2D eigenvalue weighted by molar-refractivity contribution is 0.102. The van der Waals surface area contributed by atoms with Gasteiger partial charge >= 0.3 is 0 Å². The minimum atomic E-state index is -0.285. The number of benzene rings is 2. The molecule has 0 saturated heterocycles. The number of hydrogen-bond donors (Lipinski definition) is 1. The first kappa shape index (κ1) is 16.1. The van der Waals surface area contributed by atoms with Crippen molar-refractivity contribution in [3.05, 3.63) is 56.5 Å². The first-order valence-corrected chi connectivity index (χ1v) is 7.75. The summed E-state index contributed by atoms with van der Waals surface area (Å²) in [7, 11) is 0. The highest BCUT2D eigenvalue weighted by molar-refractivity contribution is 9.10. The quantitative estimate of drug-likeness (QED) is 0.760. The number of anilines is 1. The van der Waals surface area contributed by atoms with Gasteiger partial charge in [-0.3, -0.25) is 4.79 Å². The van der Waals surface area contributed by atoms with Crippen molar-refractivity contribution in [3.8, 4) is 5.75 Å². The lowest BCUT2D eigenvalue weighted by Crippen LogP contribution is -2.13. The van der Waals surface area contributed by atoms with Gasteiger partial charge in [0.1, 0.15) is 5.75 Å². The lowest BCUT2D eigenvalue weighted by Gasteiger charge is -2.12. The smallest absolute Gasteiger partial charge is 0.255 e. The van der Waals surface area contributed by atoms with E-state index in [2.05, 4.69) is 21.2 Å². The highest BCUT2D eigenvalue weighted by atomic mass is 79.9. The van der Waals surface area contributed by atoms with Crippen LogP contribution in [-0.2, 0) is 0 Å². The Balaban J connectivity index is 2.26. The van der Waals surface area contributed by atoms with Crippen molar-refractivity contribution in [1.82, 2.24) is 0 Å². The third-order valence-electron chi connectivity index (χ3n) is 2.67. The largest absolute Gasteiger partial charge is 0.492 e. The van der Waals surface area contributed by atoms with Gasteiger partial charge in [0.05, 0.1) is 17.3 Å². The van der Waals surface area contributed by atoms with Crippen molar-refractivity contribution >= 4 is 50.7 Å². The Bertz CT molecular complexity index is 677. The van der Waals surface area contributed by atoms with E-state index >= 15 is 0 Å². The van der Waals surface area contributed by atoms with Gasteiger partial charge in [-0.05, 0) is 59.3 Å². The summed E-state index contributed by atoms with van der Waals surface area (Å²) in [5.74, 6) is 0.283. The molecule has 1 amide bonds. The third kappa shape index (κ3) is 4.13. The number of carbonyl (C=O) groups excluding carboxylic acids is 1. The molecule has 110 valence electrons. The molecule has 2 aromatic rings. The molecule has 0 spiro atoms. The summed E-state index contributed by atoms with van der Waals surface area (Å²) in [5.41, 5.74) is 0.971. The van der Waals surface area contributed by atoms with E-state index < -0.39 is 0 Å². The zero-order chi connectivity index (χ0) is 15.4. The second kappa shape index (κ2) is 7.16. The highest BCUT2D eigenvalue weighted by Gasteiger charge is 2.12. The van der Waals surface area contributed by atoms with Gasteiger partial charge in [-0.2, -0.15) is 0 Å². The van der Waals surface area contributed by atoms with Crippen LogP contribution < -0.4 is 10.1 Å². The van der Waals surface area contributed by atoms with E-state index in [1.807, 2.05) is 6.92 Å². The fourth-order valence-electron chi connectivity index (χ4n) is 1.71. The number of halogens is 3. The van der Waals surface area contributed by atoms with E-state index in [1.54, 1.807) is 36.4 Å². The molecule has 0 aliphatic rings. The van der Waals surface area contributed by atoms with Crippen LogP contribution in [0.2, 0.25) is 10.0 Å². The SMILES string of the molecule is CCOc1ccc(Cl)cc1NC(=O)c1ccc(Br)c(Cl)c1. The third-order valence-corrected chi connectivity index (χ3v) is 4.14. The second-order valence-corrected chi connectivity index (χ2v) is 5.85. The zero-order valence-corrected chi connectivity index (χ0v) is 14.2. The summed E-state index contributed by atoms with van der Waals surface area (Å²) in [6, 6.07) is 10.1. The van der Waals surface area contributed by atoms with Gasteiger partial charge in [0.15, 0.2) is 0 Å². The number of hydrogen-bond acceptors (Lipinski definition) is 2. The van der Waals surface area contributed by atoms with Crippen LogP contribution in [-0.4, -0.2) is 12.5 Å². The maximum atomic E-state index is 12.3. The van der Waals surface area contributed by atoms with Gasteiger partial charge in [0.25, 0.3) is 5.91 Å². The molecule has 2 rings (SSSR count). The predicted molar refractivity (Wildman–Crippen MR) is 89.7 cm³/mol. The van der Waals surface area contributed by atoms with Crippen molar-refractivity contribution in [2.75, 3.05) is 11.9 Å². The molecule has 0 bridgehead atoms. The number of rotatable bonds is 4. The topological polar surface area (TPSA) is 38.3 Å². The Morgan fingerprint density at radius 3 is 2.67 bits per heavy atom. The molecule has 1 N–H and O–H groups in total. The molecule has 0 fully saturated rings. The summed E-state index contributed by atoms with van der Waals surface area (Å²) >= 11 is 15.2. The molecular weight excluding hydrogens is 377 g/mol. The van der Waals surface area contributed by atoms with Crippen LogP contribution >= 0.6 is 39.1 Å².